The molecule has 102 valence electrons. The fraction of sp³-hybridized carbons (Fsp3) is 0.714. The van der Waals surface area contributed by atoms with Crippen LogP contribution in [0.4, 0.5) is 0 Å². The van der Waals surface area contributed by atoms with Crippen molar-refractivity contribution >= 4 is 28.9 Å². The number of thioether (sulfide) groups is 1. The van der Waals surface area contributed by atoms with Crippen LogP contribution in [-0.4, -0.2) is 22.3 Å². The van der Waals surface area contributed by atoms with Gasteiger partial charge in [0.2, 0.25) is 0 Å². The van der Waals surface area contributed by atoms with E-state index >= 15 is 0 Å². The maximum atomic E-state index is 11.8. The van der Waals surface area contributed by atoms with E-state index in [1.165, 1.54) is 0 Å². The molecule has 0 aromatic carbocycles. The molecule has 1 aromatic rings. The van der Waals surface area contributed by atoms with E-state index in [9.17, 15) is 4.79 Å². The van der Waals surface area contributed by atoms with Crippen molar-refractivity contribution in [2.75, 3.05) is 11.5 Å². The van der Waals surface area contributed by atoms with Gasteiger partial charge in [-0.25, -0.2) is 4.98 Å². The Balaban J connectivity index is 2.43. The lowest BCUT2D eigenvalue weighted by atomic mass is 9.93. The summed E-state index contributed by atoms with van der Waals surface area (Å²) in [7, 11) is 0. The Morgan fingerprint density at radius 2 is 2.11 bits per heavy atom. The van der Waals surface area contributed by atoms with E-state index in [4.69, 9.17) is 0 Å². The molecule has 1 rings (SSSR count). The molecule has 0 radical (unpaired) electrons. The zero-order valence-electron chi connectivity index (χ0n) is 11.9. The number of rotatable bonds is 6. The summed E-state index contributed by atoms with van der Waals surface area (Å²) in [6, 6.07) is 0. The van der Waals surface area contributed by atoms with Crippen LogP contribution in [0.25, 0.3) is 0 Å². The maximum absolute atomic E-state index is 11.8. The fourth-order valence-electron chi connectivity index (χ4n) is 1.36. The van der Waals surface area contributed by atoms with Gasteiger partial charge in [-0.15, -0.1) is 11.3 Å². The summed E-state index contributed by atoms with van der Waals surface area (Å²) < 4.78 is 0. The van der Waals surface area contributed by atoms with Crippen LogP contribution < -0.4 is 0 Å². The molecule has 2 nitrogen and oxygen atoms in total. The Labute approximate surface area is 119 Å². The van der Waals surface area contributed by atoms with Crippen LogP contribution in [0.5, 0.6) is 0 Å². The molecule has 1 heterocycles. The van der Waals surface area contributed by atoms with Crippen molar-refractivity contribution < 1.29 is 4.79 Å². The number of nitrogens with zero attached hydrogens (tertiary/aromatic N) is 1. The summed E-state index contributed by atoms with van der Waals surface area (Å²) in [4.78, 5) is 16.4. The molecule has 0 spiro atoms. The zero-order chi connectivity index (χ0) is 13.8. The minimum Gasteiger partial charge on any atom is -0.298 e. The van der Waals surface area contributed by atoms with E-state index in [0.717, 1.165) is 16.5 Å². The highest BCUT2D eigenvalue weighted by atomic mass is 32.2. The van der Waals surface area contributed by atoms with E-state index in [1.54, 1.807) is 23.1 Å². The van der Waals surface area contributed by atoms with Crippen molar-refractivity contribution in [1.29, 1.82) is 0 Å². The Bertz CT molecular complexity index is 391. The summed E-state index contributed by atoms with van der Waals surface area (Å²) in [5, 5.41) is 3.03. The van der Waals surface area contributed by atoms with Crippen molar-refractivity contribution in [2.24, 2.45) is 5.92 Å². The molecule has 0 saturated carbocycles. The second kappa shape index (κ2) is 6.71. The topological polar surface area (TPSA) is 30.0 Å². The molecule has 18 heavy (non-hydrogen) atoms. The second-order valence-corrected chi connectivity index (χ2v) is 7.97. The minimum atomic E-state index is 0.0736. The Kier molecular flexibility index (Phi) is 5.86. The number of carbonyl (C=O) groups excluding carboxylic acids is 1. The lowest BCUT2D eigenvalue weighted by Gasteiger charge is -2.14. The second-order valence-electron chi connectivity index (χ2n) is 6.00. The van der Waals surface area contributed by atoms with Gasteiger partial charge < -0.3 is 0 Å². The van der Waals surface area contributed by atoms with Gasteiger partial charge in [0.15, 0.2) is 0 Å². The van der Waals surface area contributed by atoms with Crippen LogP contribution in [0.2, 0.25) is 0 Å². The van der Waals surface area contributed by atoms with Gasteiger partial charge in [-0.3, -0.25) is 4.79 Å². The smallest absolute Gasteiger partial charge is 0.149 e. The number of ketones is 1. The van der Waals surface area contributed by atoms with Gasteiger partial charge in [-0.1, -0.05) is 34.6 Å². The molecule has 0 saturated heterocycles. The molecular formula is C14H23NOS2. The number of thiazole rings is 1. The predicted octanol–water partition coefficient (Wildman–Crippen LogP) is 3.94. The number of Topliss-reactive ketones (excluding diaryl/α,β-unsaturated/α-hetero) is 1. The SMILES string of the molecule is CC(C)CSCC(=O)Cc1nc(C(C)(C)C)cs1. The van der Waals surface area contributed by atoms with Gasteiger partial charge in [0.05, 0.1) is 17.9 Å². The number of carbonyl (C=O) groups is 1. The molecule has 0 amide bonds. The molecule has 0 unspecified atom stereocenters. The molecule has 4 heteroatoms. The van der Waals surface area contributed by atoms with Crippen molar-refractivity contribution in [3.8, 4) is 0 Å². The highest BCUT2D eigenvalue weighted by Crippen LogP contribution is 2.24. The van der Waals surface area contributed by atoms with Crippen LogP contribution in [0, 0.1) is 5.92 Å². The average Bonchev–Trinajstić information content (AvgIpc) is 2.64. The number of hydrogen-bond donors (Lipinski definition) is 0. The first-order chi connectivity index (χ1) is 8.29. The van der Waals surface area contributed by atoms with Crippen molar-refractivity contribution in [3.63, 3.8) is 0 Å². The van der Waals surface area contributed by atoms with Gasteiger partial charge in [0, 0.05) is 10.8 Å². The Morgan fingerprint density at radius 1 is 1.44 bits per heavy atom. The van der Waals surface area contributed by atoms with Crippen LogP contribution in [0.1, 0.15) is 45.3 Å². The summed E-state index contributed by atoms with van der Waals surface area (Å²) in [6.45, 7) is 10.8. The summed E-state index contributed by atoms with van der Waals surface area (Å²) in [5.41, 5.74) is 1.16. The van der Waals surface area contributed by atoms with Crippen molar-refractivity contribution in [2.45, 2.75) is 46.5 Å². The lowest BCUT2D eigenvalue weighted by molar-refractivity contribution is -0.116. The van der Waals surface area contributed by atoms with Gasteiger partial charge in [-0.05, 0) is 11.7 Å². The number of aromatic nitrogens is 1. The normalized spacial score (nSPS) is 12.1. The standard InChI is InChI=1S/C14H23NOS2/c1-10(2)7-17-8-11(16)6-13-15-12(9-18-13)14(3,4)5/h9-10H,6-8H2,1-5H3. The first kappa shape index (κ1) is 15.7. The molecule has 0 aliphatic rings. The maximum Gasteiger partial charge on any atom is 0.149 e. The molecule has 1 aromatic heterocycles. The molecule has 0 aliphatic heterocycles. The minimum absolute atomic E-state index is 0.0736. The zero-order valence-corrected chi connectivity index (χ0v) is 13.6. The van der Waals surface area contributed by atoms with Crippen LogP contribution >= 0.6 is 23.1 Å². The van der Waals surface area contributed by atoms with E-state index < -0.39 is 0 Å². The molecule has 0 atom stereocenters. The highest BCUT2D eigenvalue weighted by molar-refractivity contribution is 7.99. The number of hydrogen-bond acceptors (Lipinski definition) is 4. The van der Waals surface area contributed by atoms with Crippen LogP contribution in [0.3, 0.4) is 0 Å². The van der Waals surface area contributed by atoms with Gasteiger partial charge >= 0.3 is 0 Å². The Hall–Kier alpha value is -0.350. The lowest BCUT2D eigenvalue weighted by Crippen LogP contribution is -2.12. The van der Waals surface area contributed by atoms with Crippen LogP contribution in [-0.2, 0) is 16.6 Å². The van der Waals surface area contributed by atoms with Gasteiger partial charge in [0.1, 0.15) is 10.8 Å². The van der Waals surface area contributed by atoms with E-state index in [1.807, 2.05) is 0 Å². The monoisotopic (exact) mass is 285 g/mol. The van der Waals surface area contributed by atoms with E-state index in [-0.39, 0.29) is 11.2 Å². The fourth-order valence-corrected chi connectivity index (χ4v) is 3.33. The van der Waals surface area contributed by atoms with Gasteiger partial charge in [-0.2, -0.15) is 11.8 Å². The average molecular weight is 285 g/mol. The quantitative estimate of drug-likeness (QED) is 0.793. The molecule has 0 bridgehead atoms. The molecule has 0 fully saturated rings. The summed E-state index contributed by atoms with van der Waals surface area (Å²) >= 11 is 3.33. The van der Waals surface area contributed by atoms with Crippen molar-refractivity contribution in [3.05, 3.63) is 16.1 Å². The molecular weight excluding hydrogens is 262 g/mol. The third-order valence-corrected chi connectivity index (χ3v) is 4.66. The van der Waals surface area contributed by atoms with E-state index in [0.29, 0.717) is 18.1 Å². The largest absolute Gasteiger partial charge is 0.298 e. The third-order valence-electron chi connectivity index (χ3n) is 2.38. The summed E-state index contributed by atoms with van der Waals surface area (Å²) in [6.07, 6.45) is 0.492. The molecule has 0 aliphatic carbocycles. The predicted molar refractivity (Wildman–Crippen MR) is 81.7 cm³/mol. The summed E-state index contributed by atoms with van der Waals surface area (Å²) in [5.74, 6) is 2.60. The van der Waals surface area contributed by atoms with Crippen LogP contribution in [0.15, 0.2) is 5.38 Å². The molecule has 0 N–H and O–H groups in total. The highest BCUT2D eigenvalue weighted by Gasteiger charge is 2.18. The van der Waals surface area contributed by atoms with E-state index in [2.05, 4.69) is 45.0 Å². The first-order valence-electron chi connectivity index (χ1n) is 6.33. The third kappa shape index (κ3) is 5.53. The Morgan fingerprint density at radius 3 is 2.61 bits per heavy atom. The van der Waals surface area contributed by atoms with Crippen molar-refractivity contribution in [1.82, 2.24) is 4.98 Å². The first-order valence-corrected chi connectivity index (χ1v) is 8.37. The van der Waals surface area contributed by atoms with Gasteiger partial charge in [0.25, 0.3) is 0 Å².